The first-order valence-corrected chi connectivity index (χ1v) is 11.3. The Balaban J connectivity index is 1.29. The van der Waals surface area contributed by atoms with Crippen LogP contribution in [0.25, 0.3) is 0 Å². The highest BCUT2D eigenvalue weighted by atomic mass is 32.1. The van der Waals surface area contributed by atoms with Gasteiger partial charge in [-0.3, -0.25) is 10.1 Å². The Hall–Kier alpha value is -3.49. The quantitative estimate of drug-likeness (QED) is 0.544. The van der Waals surface area contributed by atoms with E-state index in [4.69, 9.17) is 17.0 Å². The molecule has 0 radical (unpaired) electrons. The van der Waals surface area contributed by atoms with E-state index in [2.05, 4.69) is 32.5 Å². The highest BCUT2D eigenvalue weighted by molar-refractivity contribution is 7.80. The summed E-state index contributed by atoms with van der Waals surface area (Å²) in [7, 11) is 2.11. The topological polar surface area (TPSA) is 69.7 Å². The molecule has 3 aromatic rings. The Kier molecular flexibility index (Phi) is 7.49. The summed E-state index contributed by atoms with van der Waals surface area (Å²) in [5, 5.41) is 5.95. The van der Waals surface area contributed by atoms with Crippen LogP contribution in [0.5, 0.6) is 5.75 Å². The molecule has 0 aliphatic carbocycles. The number of likely N-dealkylation sites (N-methyl/N-ethyl adjacent to an activating group) is 1. The Bertz CT molecular complexity index is 1080. The number of aromatic nitrogens is 1. The third-order valence-corrected chi connectivity index (χ3v) is 5.61. The highest BCUT2D eigenvalue weighted by Gasteiger charge is 2.16. The largest absolute Gasteiger partial charge is 0.489 e. The number of hydrogen-bond acceptors (Lipinski definition) is 6. The lowest BCUT2D eigenvalue weighted by Gasteiger charge is -2.33. The second-order valence-electron chi connectivity index (χ2n) is 7.91. The van der Waals surface area contributed by atoms with Crippen LogP contribution in [0.15, 0.2) is 72.9 Å². The zero-order valence-electron chi connectivity index (χ0n) is 18.5. The second-order valence-corrected chi connectivity index (χ2v) is 8.31. The van der Waals surface area contributed by atoms with Gasteiger partial charge in [0, 0.05) is 44.1 Å². The van der Waals surface area contributed by atoms with E-state index in [1.807, 2.05) is 60.7 Å². The molecule has 1 aliphatic heterocycles. The molecule has 1 fully saturated rings. The maximum absolute atomic E-state index is 12.6. The Morgan fingerprint density at radius 1 is 1.03 bits per heavy atom. The molecule has 7 nitrogen and oxygen atoms in total. The van der Waals surface area contributed by atoms with Crippen LogP contribution in [0.1, 0.15) is 15.9 Å². The van der Waals surface area contributed by atoms with Crippen LogP contribution in [0.2, 0.25) is 0 Å². The second kappa shape index (κ2) is 10.9. The number of piperazine rings is 1. The Morgan fingerprint density at radius 3 is 2.55 bits per heavy atom. The zero-order chi connectivity index (χ0) is 23.0. The van der Waals surface area contributed by atoms with Gasteiger partial charge in [-0.05, 0) is 49.1 Å². The van der Waals surface area contributed by atoms with Gasteiger partial charge in [-0.15, -0.1) is 0 Å². The molecule has 2 N–H and O–H groups in total. The summed E-state index contributed by atoms with van der Waals surface area (Å²) in [6, 6.07) is 21.1. The van der Waals surface area contributed by atoms with Gasteiger partial charge in [-0.25, -0.2) is 4.98 Å². The molecule has 4 rings (SSSR count). The average Bonchev–Trinajstić information content (AvgIpc) is 2.84. The van der Waals surface area contributed by atoms with Gasteiger partial charge in [0.15, 0.2) is 5.11 Å². The fraction of sp³-hybridized carbons (Fsp3) is 0.240. The summed E-state index contributed by atoms with van der Waals surface area (Å²) in [6.07, 6.45) is 1.59. The van der Waals surface area contributed by atoms with Crippen molar-refractivity contribution in [3.63, 3.8) is 0 Å². The maximum Gasteiger partial charge on any atom is 0.258 e. The predicted octanol–water partition coefficient (Wildman–Crippen LogP) is 3.54. The summed E-state index contributed by atoms with van der Waals surface area (Å²) in [6.45, 7) is 4.33. The molecule has 0 spiro atoms. The normalized spacial score (nSPS) is 13.9. The number of hydrogen-bond donors (Lipinski definition) is 2. The van der Waals surface area contributed by atoms with Crippen LogP contribution in [0.4, 0.5) is 11.5 Å². The molecule has 1 aliphatic rings. The molecule has 0 saturated carbocycles. The molecule has 170 valence electrons. The Labute approximate surface area is 199 Å². The number of amides is 1. The third kappa shape index (κ3) is 6.50. The first kappa shape index (κ1) is 22.7. The van der Waals surface area contributed by atoms with Gasteiger partial charge < -0.3 is 19.9 Å². The minimum Gasteiger partial charge on any atom is -0.489 e. The molecule has 1 amide bonds. The number of carbonyl (C=O) groups is 1. The standard InChI is InChI=1S/C25H27N5O2S/c1-29-12-14-30(15-13-29)23-11-10-20(17-26-23)24(31)28-25(33)27-21-8-5-9-22(16-21)32-18-19-6-3-2-4-7-19/h2-11,16-17H,12-15,18H2,1H3,(H2,27,28,31,33). The van der Waals surface area contributed by atoms with Crippen molar-refractivity contribution in [2.24, 2.45) is 0 Å². The van der Waals surface area contributed by atoms with Crippen molar-refractivity contribution in [2.75, 3.05) is 43.4 Å². The molecular formula is C25H27N5O2S. The fourth-order valence-corrected chi connectivity index (χ4v) is 3.70. The zero-order valence-corrected chi connectivity index (χ0v) is 19.3. The van der Waals surface area contributed by atoms with Gasteiger partial charge in [0.2, 0.25) is 0 Å². The monoisotopic (exact) mass is 461 g/mol. The molecule has 33 heavy (non-hydrogen) atoms. The Morgan fingerprint density at radius 2 is 1.82 bits per heavy atom. The number of carbonyl (C=O) groups excluding carboxylic acids is 1. The molecule has 2 heterocycles. The van der Waals surface area contributed by atoms with Crippen LogP contribution in [-0.4, -0.2) is 54.1 Å². The summed E-state index contributed by atoms with van der Waals surface area (Å²) in [5.41, 5.74) is 2.28. The van der Waals surface area contributed by atoms with E-state index in [-0.39, 0.29) is 11.0 Å². The van der Waals surface area contributed by atoms with E-state index >= 15 is 0 Å². The first-order valence-electron chi connectivity index (χ1n) is 10.9. The van der Waals surface area contributed by atoms with Gasteiger partial charge in [-0.1, -0.05) is 36.4 Å². The van der Waals surface area contributed by atoms with Crippen molar-refractivity contribution in [3.05, 3.63) is 84.1 Å². The van der Waals surface area contributed by atoms with Crippen molar-refractivity contribution in [1.29, 1.82) is 0 Å². The van der Waals surface area contributed by atoms with Gasteiger partial charge in [0.1, 0.15) is 18.2 Å². The number of nitrogens with zero attached hydrogens (tertiary/aromatic N) is 3. The van der Waals surface area contributed by atoms with E-state index in [9.17, 15) is 4.79 Å². The van der Waals surface area contributed by atoms with E-state index in [1.54, 1.807) is 12.3 Å². The number of benzene rings is 2. The van der Waals surface area contributed by atoms with Crippen molar-refractivity contribution in [1.82, 2.24) is 15.2 Å². The average molecular weight is 462 g/mol. The lowest BCUT2D eigenvalue weighted by molar-refractivity contribution is 0.0977. The van der Waals surface area contributed by atoms with E-state index in [0.717, 1.165) is 43.2 Å². The van der Waals surface area contributed by atoms with E-state index < -0.39 is 0 Å². The van der Waals surface area contributed by atoms with Crippen LogP contribution < -0.4 is 20.3 Å². The lowest BCUT2D eigenvalue weighted by atomic mass is 10.2. The number of rotatable bonds is 6. The molecule has 2 aromatic carbocycles. The lowest BCUT2D eigenvalue weighted by Crippen LogP contribution is -2.44. The van der Waals surface area contributed by atoms with Gasteiger partial charge in [-0.2, -0.15) is 0 Å². The number of thiocarbonyl (C=S) groups is 1. The van der Waals surface area contributed by atoms with Gasteiger partial charge in [0.05, 0.1) is 5.56 Å². The number of ether oxygens (including phenoxy) is 1. The molecule has 1 saturated heterocycles. The number of anilines is 2. The summed E-state index contributed by atoms with van der Waals surface area (Å²) >= 11 is 5.32. The third-order valence-electron chi connectivity index (χ3n) is 5.40. The summed E-state index contributed by atoms with van der Waals surface area (Å²) in [4.78, 5) is 21.6. The smallest absolute Gasteiger partial charge is 0.258 e. The van der Waals surface area contributed by atoms with E-state index in [0.29, 0.717) is 17.9 Å². The molecular weight excluding hydrogens is 434 g/mol. The van der Waals surface area contributed by atoms with Gasteiger partial charge >= 0.3 is 0 Å². The van der Waals surface area contributed by atoms with Crippen LogP contribution in [0.3, 0.4) is 0 Å². The van der Waals surface area contributed by atoms with Crippen LogP contribution in [0, 0.1) is 0 Å². The summed E-state index contributed by atoms with van der Waals surface area (Å²) < 4.78 is 5.85. The minimum absolute atomic E-state index is 0.211. The number of pyridine rings is 1. The molecule has 8 heteroatoms. The van der Waals surface area contributed by atoms with E-state index in [1.165, 1.54) is 0 Å². The van der Waals surface area contributed by atoms with Gasteiger partial charge in [0.25, 0.3) is 5.91 Å². The minimum atomic E-state index is -0.304. The maximum atomic E-state index is 12.6. The fourth-order valence-electron chi connectivity index (χ4n) is 3.49. The molecule has 0 unspecified atom stereocenters. The molecule has 0 bridgehead atoms. The highest BCUT2D eigenvalue weighted by Crippen LogP contribution is 2.19. The number of nitrogens with one attached hydrogen (secondary N) is 2. The molecule has 0 atom stereocenters. The first-order chi connectivity index (χ1) is 16.1. The van der Waals surface area contributed by atoms with Crippen LogP contribution >= 0.6 is 12.2 Å². The SMILES string of the molecule is CN1CCN(c2ccc(C(=O)NC(=S)Nc3cccc(OCc4ccccc4)c3)cn2)CC1. The van der Waals surface area contributed by atoms with Crippen molar-refractivity contribution in [2.45, 2.75) is 6.61 Å². The predicted molar refractivity (Wildman–Crippen MR) is 135 cm³/mol. The van der Waals surface area contributed by atoms with Crippen LogP contribution in [-0.2, 0) is 6.61 Å². The molecule has 1 aromatic heterocycles. The van der Waals surface area contributed by atoms with Crippen molar-refractivity contribution < 1.29 is 9.53 Å². The van der Waals surface area contributed by atoms with Crippen molar-refractivity contribution in [3.8, 4) is 5.75 Å². The van der Waals surface area contributed by atoms with Crippen molar-refractivity contribution >= 4 is 34.7 Å². The summed E-state index contributed by atoms with van der Waals surface area (Å²) in [5.74, 6) is 1.29.